The molecular weight excluding hydrogens is 510 g/mol. The summed E-state index contributed by atoms with van der Waals surface area (Å²) < 4.78 is 0.917. The monoisotopic (exact) mass is 528 g/mol. The maximum absolute atomic E-state index is 5.81. The number of benzene rings is 1. The van der Waals surface area contributed by atoms with Gasteiger partial charge in [-0.2, -0.15) is 6.20 Å². The van der Waals surface area contributed by atoms with Crippen molar-refractivity contribution in [1.29, 1.82) is 0 Å². The molecule has 1 aromatic carbocycles. The molecule has 0 bridgehead atoms. The van der Waals surface area contributed by atoms with Crippen molar-refractivity contribution in [2.24, 2.45) is 5.41 Å². The van der Waals surface area contributed by atoms with Gasteiger partial charge >= 0.3 is 75.8 Å². The van der Waals surface area contributed by atoms with Crippen LogP contribution in [0.3, 0.4) is 0 Å². The Bertz CT molecular complexity index is 470. The van der Waals surface area contributed by atoms with Crippen LogP contribution >= 0.6 is 25.5 Å². The van der Waals surface area contributed by atoms with Gasteiger partial charge in [-0.1, -0.05) is 32.9 Å². The van der Waals surface area contributed by atoms with Gasteiger partial charge in [-0.25, -0.2) is 0 Å². The Labute approximate surface area is 137 Å². The molecule has 0 spiro atoms. The van der Waals surface area contributed by atoms with E-state index in [0.717, 1.165) is 9.82 Å². The van der Waals surface area contributed by atoms with Gasteiger partial charge in [0.2, 0.25) is 0 Å². The molecule has 1 aromatic rings. The minimum absolute atomic E-state index is 0.284. The average Bonchev–Trinajstić information content (AvgIpc) is 2.40. The van der Waals surface area contributed by atoms with Gasteiger partial charge in [0.05, 0.1) is 0 Å². The first kappa shape index (κ1) is 18.3. The van der Waals surface area contributed by atoms with Crippen molar-refractivity contribution < 1.29 is 0 Å². The first-order chi connectivity index (χ1) is 9.21. The van der Waals surface area contributed by atoms with Crippen molar-refractivity contribution >= 4 is 45.5 Å². The van der Waals surface area contributed by atoms with Gasteiger partial charge in [-0.15, -0.1) is 6.54 Å². The van der Waals surface area contributed by atoms with Crippen LogP contribution in [0.25, 0.3) is 5.32 Å². The van der Waals surface area contributed by atoms with Crippen molar-refractivity contribution in [3.05, 3.63) is 59.6 Å². The molecule has 0 aromatic heterocycles. The molecule has 0 fully saturated rings. The second-order valence-corrected chi connectivity index (χ2v) is 31.6. The van der Waals surface area contributed by atoms with Gasteiger partial charge in [0, 0.05) is 0 Å². The normalized spacial score (nSPS) is 15.6. The maximum atomic E-state index is 5.81. The Morgan fingerprint density at radius 1 is 1.05 bits per heavy atom. The van der Waals surface area contributed by atoms with Crippen molar-refractivity contribution in [2.75, 3.05) is 6.54 Å². The quantitative estimate of drug-likeness (QED) is 0.448. The van der Waals surface area contributed by atoms with Gasteiger partial charge < -0.3 is 5.32 Å². The fourth-order valence-electron chi connectivity index (χ4n) is 1.60. The van der Waals surface area contributed by atoms with Crippen LogP contribution in [0.15, 0.2) is 54.3 Å². The Morgan fingerprint density at radius 3 is 1.95 bits per heavy atom. The van der Waals surface area contributed by atoms with Crippen molar-refractivity contribution in [1.82, 2.24) is 0 Å². The molecule has 2 rings (SSSR count). The predicted molar refractivity (Wildman–Crippen MR) is 95.7 cm³/mol. The van der Waals surface area contributed by atoms with E-state index < -0.39 is 16.7 Å². The molecule has 5 heteroatoms. The molecule has 0 unspecified atom stereocenters. The van der Waals surface area contributed by atoms with E-state index in [-0.39, 0.29) is 5.41 Å². The Balaban J connectivity index is 0.000000200. The van der Waals surface area contributed by atoms with E-state index in [9.17, 15) is 0 Å². The number of hydrogen-bond acceptors (Lipinski definition) is 0. The average molecular weight is 530 g/mol. The fraction of sp³-hybridized carbons (Fsp3) is 0.333. The summed E-state index contributed by atoms with van der Waals surface area (Å²) in [4.78, 5) is 0. The van der Waals surface area contributed by atoms with E-state index in [2.05, 4.69) is 38.2 Å². The summed E-state index contributed by atoms with van der Waals surface area (Å²) in [6, 6.07) is 9.42. The molecular formula is C15H20BiCl3N-. The van der Waals surface area contributed by atoms with E-state index in [1.807, 2.05) is 36.5 Å². The van der Waals surface area contributed by atoms with E-state index in [0.29, 0.717) is 0 Å². The number of allylic oxidation sites excluding steroid dienone is 2. The van der Waals surface area contributed by atoms with Gasteiger partial charge in [0.1, 0.15) is 0 Å². The third-order valence-electron chi connectivity index (χ3n) is 2.74. The molecule has 0 aliphatic carbocycles. The molecule has 0 saturated heterocycles. The third kappa shape index (κ3) is 6.81. The number of hydrogen-bond donors (Lipinski definition) is 0. The number of rotatable bonds is 1. The Hall–Kier alpha value is 0.253. The summed E-state index contributed by atoms with van der Waals surface area (Å²) in [5.74, 6) is 0. The molecule has 1 aliphatic heterocycles. The van der Waals surface area contributed by atoms with Crippen LogP contribution in [0.1, 0.15) is 20.8 Å². The fourth-order valence-corrected chi connectivity index (χ4v) is 7.13. The summed E-state index contributed by atoms with van der Waals surface area (Å²) >= 11 is -3.41. The topological polar surface area (TPSA) is 14.1 Å². The standard InChI is InChI=1S/C9H14N.C6H5.Bi.3ClH.H/c1-9(2,3)8-4-6-10-7-5-8;1-2-4-6-5-3-1;;;;;/h4-6H,7H2,1-3H3;1-5H;;3*1H;/q-1;;+3;;;;/p-3. The van der Waals surface area contributed by atoms with Crippen LogP contribution in [-0.2, 0) is 0 Å². The zero-order valence-corrected chi connectivity index (χ0v) is 18.1. The van der Waals surface area contributed by atoms with Crippen LogP contribution < -0.4 is 3.27 Å². The first-order valence-electron chi connectivity index (χ1n) is 6.37. The van der Waals surface area contributed by atoms with Crippen molar-refractivity contribution in [3.63, 3.8) is 0 Å². The van der Waals surface area contributed by atoms with Crippen molar-refractivity contribution in [2.45, 2.75) is 20.8 Å². The minimum atomic E-state index is -3.41. The van der Waals surface area contributed by atoms with E-state index in [1.165, 1.54) is 5.57 Å². The molecule has 1 heterocycles. The van der Waals surface area contributed by atoms with Crippen LogP contribution in [0.2, 0.25) is 0 Å². The molecule has 20 heavy (non-hydrogen) atoms. The van der Waals surface area contributed by atoms with Gasteiger partial charge in [-0.3, -0.25) is 0 Å². The molecule has 1 nitrogen and oxygen atoms in total. The molecule has 0 N–H and O–H groups in total. The molecule has 0 amide bonds. The Morgan fingerprint density at radius 2 is 1.65 bits per heavy atom. The van der Waals surface area contributed by atoms with E-state index in [1.54, 1.807) is 0 Å². The molecule has 1 aliphatic rings. The summed E-state index contributed by atoms with van der Waals surface area (Å²) in [5.41, 5.74) is 1.68. The Kier molecular flexibility index (Phi) is 7.35. The second kappa shape index (κ2) is 8.04. The van der Waals surface area contributed by atoms with Gasteiger partial charge in [0.25, 0.3) is 0 Å². The van der Waals surface area contributed by atoms with Crippen molar-refractivity contribution in [3.8, 4) is 0 Å². The van der Waals surface area contributed by atoms with E-state index in [4.69, 9.17) is 25.5 Å². The van der Waals surface area contributed by atoms with Crippen LogP contribution in [-0.4, -0.2) is 23.2 Å². The predicted octanol–water partition coefficient (Wildman–Crippen LogP) is 5.14. The van der Waals surface area contributed by atoms with Crippen LogP contribution in [0, 0.1) is 5.41 Å². The van der Waals surface area contributed by atoms with E-state index >= 15 is 0 Å². The first-order valence-corrected chi connectivity index (χ1v) is 22.7. The molecule has 112 valence electrons. The van der Waals surface area contributed by atoms with Gasteiger partial charge in [-0.05, 0) is 11.0 Å². The SMILES string of the molecule is CC(C)(C)C1=CC[N-]C=C1.[Cl][BiH]([Cl])([Cl])[c]1ccccc1. The van der Waals surface area contributed by atoms with Gasteiger partial charge in [0.15, 0.2) is 0 Å². The molecule has 0 radical (unpaired) electrons. The van der Waals surface area contributed by atoms with Crippen LogP contribution in [0.4, 0.5) is 0 Å². The molecule has 0 atom stereocenters. The summed E-state index contributed by atoms with van der Waals surface area (Å²) in [5, 5.41) is 4.08. The third-order valence-corrected chi connectivity index (χ3v) is 12.3. The summed E-state index contributed by atoms with van der Waals surface area (Å²) in [6.45, 7) is 7.50. The number of nitrogens with zero attached hydrogens (tertiary/aromatic N) is 1. The summed E-state index contributed by atoms with van der Waals surface area (Å²) in [7, 11) is 17.4. The van der Waals surface area contributed by atoms with Crippen LogP contribution in [0.5, 0.6) is 0 Å². The molecule has 0 saturated carbocycles. The zero-order chi connectivity index (χ0) is 15.2. The number of halogens is 3. The summed E-state index contributed by atoms with van der Waals surface area (Å²) in [6.07, 6.45) is 6.16. The zero-order valence-electron chi connectivity index (χ0n) is 11.9. The second-order valence-electron chi connectivity index (χ2n) is 5.45.